The van der Waals surface area contributed by atoms with Gasteiger partial charge in [-0.15, -0.1) is 0 Å². The summed E-state index contributed by atoms with van der Waals surface area (Å²) in [5, 5.41) is 3.55. The second-order valence-corrected chi connectivity index (χ2v) is 5.03. The molecule has 2 amide bonds. The van der Waals surface area contributed by atoms with Gasteiger partial charge < -0.3 is 11.1 Å². The third-order valence-corrected chi connectivity index (χ3v) is 3.47. The Balaban J connectivity index is 2.13. The second kappa shape index (κ2) is 6.03. The van der Waals surface area contributed by atoms with Crippen LogP contribution in [0, 0.1) is 0 Å². The van der Waals surface area contributed by atoms with Crippen molar-refractivity contribution < 1.29 is 4.79 Å². The molecule has 2 rings (SSSR count). The van der Waals surface area contributed by atoms with Gasteiger partial charge in [-0.2, -0.15) is 0 Å². The summed E-state index contributed by atoms with van der Waals surface area (Å²) in [5.41, 5.74) is 7.56. The van der Waals surface area contributed by atoms with Crippen molar-refractivity contribution >= 4 is 46.3 Å². The fourth-order valence-electron chi connectivity index (χ4n) is 1.63. The van der Waals surface area contributed by atoms with Crippen LogP contribution in [0.2, 0.25) is 10.0 Å². The number of nitrogen functional groups attached to an aromatic ring is 1. The van der Waals surface area contributed by atoms with E-state index in [1.807, 2.05) is 0 Å². The van der Waals surface area contributed by atoms with Crippen LogP contribution < -0.4 is 16.0 Å². The Kier molecular flexibility index (Phi) is 4.37. The van der Waals surface area contributed by atoms with E-state index in [0.29, 0.717) is 27.1 Å². The number of rotatable bonds is 2. The molecular weight excluding hydrogens is 297 g/mol. The van der Waals surface area contributed by atoms with E-state index in [4.69, 9.17) is 28.9 Å². The van der Waals surface area contributed by atoms with Crippen molar-refractivity contribution in [3.8, 4) is 0 Å². The first-order valence-electron chi connectivity index (χ1n) is 5.82. The number of nitrogens with one attached hydrogen (secondary N) is 1. The zero-order valence-electron chi connectivity index (χ0n) is 10.7. The summed E-state index contributed by atoms with van der Waals surface area (Å²) in [6, 6.07) is 11.7. The molecule has 0 aliphatic heterocycles. The SMILES string of the molecule is CN(C(=O)Nc1ccc(Cl)c(Cl)c1)c1cccc(N)c1. The predicted octanol–water partition coefficient (Wildman–Crippen LogP) is 4.24. The van der Waals surface area contributed by atoms with Gasteiger partial charge in [0.05, 0.1) is 10.0 Å². The van der Waals surface area contributed by atoms with Gasteiger partial charge in [-0.25, -0.2) is 4.79 Å². The van der Waals surface area contributed by atoms with Crippen LogP contribution in [0.4, 0.5) is 21.9 Å². The number of halogens is 2. The first-order valence-corrected chi connectivity index (χ1v) is 6.58. The predicted molar refractivity (Wildman–Crippen MR) is 84.7 cm³/mol. The number of hydrogen-bond acceptors (Lipinski definition) is 2. The standard InChI is InChI=1S/C14H13Cl2N3O/c1-19(11-4-2-3-9(17)7-11)14(20)18-10-5-6-12(15)13(16)8-10/h2-8H,17H2,1H3,(H,18,20). The van der Waals surface area contributed by atoms with E-state index in [0.717, 1.165) is 0 Å². The first-order chi connectivity index (χ1) is 9.47. The van der Waals surface area contributed by atoms with Crippen LogP contribution >= 0.6 is 23.2 Å². The quantitative estimate of drug-likeness (QED) is 0.815. The normalized spacial score (nSPS) is 10.2. The maximum atomic E-state index is 12.1. The fourth-order valence-corrected chi connectivity index (χ4v) is 1.93. The molecule has 0 saturated carbocycles. The summed E-state index contributed by atoms with van der Waals surface area (Å²) in [6.45, 7) is 0. The van der Waals surface area contributed by atoms with Gasteiger partial charge in [0.25, 0.3) is 0 Å². The van der Waals surface area contributed by atoms with Crippen LogP contribution in [0.3, 0.4) is 0 Å². The number of hydrogen-bond donors (Lipinski definition) is 2. The van der Waals surface area contributed by atoms with Crippen molar-refractivity contribution in [2.45, 2.75) is 0 Å². The Hall–Kier alpha value is -1.91. The number of anilines is 3. The van der Waals surface area contributed by atoms with Gasteiger partial charge in [0, 0.05) is 24.1 Å². The Morgan fingerprint density at radius 2 is 1.90 bits per heavy atom. The molecule has 0 fully saturated rings. The van der Waals surface area contributed by atoms with E-state index in [9.17, 15) is 4.79 Å². The molecule has 20 heavy (non-hydrogen) atoms. The first kappa shape index (κ1) is 14.5. The monoisotopic (exact) mass is 309 g/mol. The highest BCUT2D eigenvalue weighted by Gasteiger charge is 2.11. The van der Waals surface area contributed by atoms with Crippen LogP contribution in [0.5, 0.6) is 0 Å². The number of benzene rings is 2. The topological polar surface area (TPSA) is 58.4 Å². The molecule has 3 N–H and O–H groups in total. The minimum Gasteiger partial charge on any atom is -0.399 e. The molecular formula is C14H13Cl2N3O. The van der Waals surface area contributed by atoms with Crippen LogP contribution in [0.1, 0.15) is 0 Å². The molecule has 0 spiro atoms. The number of amides is 2. The van der Waals surface area contributed by atoms with E-state index in [1.54, 1.807) is 49.5 Å². The average Bonchev–Trinajstić information content (AvgIpc) is 2.42. The average molecular weight is 310 g/mol. The van der Waals surface area contributed by atoms with Crippen LogP contribution in [0.25, 0.3) is 0 Å². The molecule has 4 nitrogen and oxygen atoms in total. The Morgan fingerprint density at radius 3 is 2.55 bits per heavy atom. The smallest absolute Gasteiger partial charge is 0.326 e. The molecule has 0 radical (unpaired) electrons. The zero-order valence-corrected chi connectivity index (χ0v) is 12.2. The molecule has 0 aromatic heterocycles. The highest BCUT2D eigenvalue weighted by atomic mass is 35.5. The molecule has 6 heteroatoms. The largest absolute Gasteiger partial charge is 0.399 e. The van der Waals surface area contributed by atoms with Gasteiger partial charge in [-0.1, -0.05) is 29.3 Å². The maximum absolute atomic E-state index is 12.1. The number of carbonyl (C=O) groups is 1. The Labute approximate surface area is 127 Å². The lowest BCUT2D eigenvalue weighted by Crippen LogP contribution is -2.31. The van der Waals surface area contributed by atoms with Gasteiger partial charge in [-0.05, 0) is 36.4 Å². The zero-order chi connectivity index (χ0) is 14.7. The van der Waals surface area contributed by atoms with Crippen molar-refractivity contribution in [2.24, 2.45) is 0 Å². The molecule has 2 aromatic rings. The summed E-state index contributed by atoms with van der Waals surface area (Å²) >= 11 is 11.7. The van der Waals surface area contributed by atoms with Crippen molar-refractivity contribution in [1.29, 1.82) is 0 Å². The lowest BCUT2D eigenvalue weighted by molar-refractivity contribution is 0.258. The molecule has 0 saturated heterocycles. The molecule has 0 atom stereocenters. The number of urea groups is 1. The summed E-state index contributed by atoms with van der Waals surface area (Å²) in [6.07, 6.45) is 0. The second-order valence-electron chi connectivity index (χ2n) is 4.21. The molecule has 0 bridgehead atoms. The summed E-state index contributed by atoms with van der Waals surface area (Å²) < 4.78 is 0. The van der Waals surface area contributed by atoms with E-state index in [2.05, 4.69) is 5.32 Å². The highest BCUT2D eigenvalue weighted by molar-refractivity contribution is 6.42. The fraction of sp³-hybridized carbons (Fsp3) is 0.0714. The molecule has 104 valence electrons. The summed E-state index contributed by atoms with van der Waals surface area (Å²) in [7, 11) is 1.65. The number of nitrogens with zero attached hydrogens (tertiary/aromatic N) is 1. The van der Waals surface area contributed by atoms with Gasteiger partial charge in [0.1, 0.15) is 0 Å². The van der Waals surface area contributed by atoms with Crippen molar-refractivity contribution in [1.82, 2.24) is 0 Å². The van der Waals surface area contributed by atoms with Crippen molar-refractivity contribution in [3.05, 3.63) is 52.5 Å². The van der Waals surface area contributed by atoms with Gasteiger partial charge in [0.2, 0.25) is 0 Å². The molecule has 0 aliphatic carbocycles. The Bertz CT molecular complexity index is 646. The Morgan fingerprint density at radius 1 is 1.15 bits per heavy atom. The van der Waals surface area contributed by atoms with E-state index < -0.39 is 0 Å². The van der Waals surface area contributed by atoms with Gasteiger partial charge in [0.15, 0.2) is 0 Å². The van der Waals surface area contributed by atoms with E-state index in [1.165, 1.54) is 4.90 Å². The maximum Gasteiger partial charge on any atom is 0.326 e. The van der Waals surface area contributed by atoms with Crippen molar-refractivity contribution in [3.63, 3.8) is 0 Å². The van der Waals surface area contributed by atoms with E-state index >= 15 is 0 Å². The third kappa shape index (κ3) is 3.35. The summed E-state index contributed by atoms with van der Waals surface area (Å²) in [5.74, 6) is 0. The molecule has 0 aliphatic rings. The van der Waals surface area contributed by atoms with Crippen LogP contribution in [0.15, 0.2) is 42.5 Å². The minimum absolute atomic E-state index is 0.297. The number of carbonyl (C=O) groups excluding carboxylic acids is 1. The van der Waals surface area contributed by atoms with Crippen LogP contribution in [-0.2, 0) is 0 Å². The summed E-state index contributed by atoms with van der Waals surface area (Å²) in [4.78, 5) is 13.6. The van der Waals surface area contributed by atoms with Crippen molar-refractivity contribution in [2.75, 3.05) is 23.0 Å². The molecule has 0 heterocycles. The van der Waals surface area contributed by atoms with Crippen LogP contribution in [-0.4, -0.2) is 13.1 Å². The van der Waals surface area contributed by atoms with Gasteiger partial charge in [-0.3, -0.25) is 4.90 Å². The highest BCUT2D eigenvalue weighted by Crippen LogP contribution is 2.25. The molecule has 0 unspecified atom stereocenters. The lowest BCUT2D eigenvalue weighted by atomic mass is 10.2. The van der Waals surface area contributed by atoms with Gasteiger partial charge >= 0.3 is 6.03 Å². The minimum atomic E-state index is -0.297. The lowest BCUT2D eigenvalue weighted by Gasteiger charge is -2.18. The molecule has 2 aromatic carbocycles. The number of nitrogens with two attached hydrogens (primary N) is 1. The van der Waals surface area contributed by atoms with E-state index in [-0.39, 0.29) is 6.03 Å². The third-order valence-electron chi connectivity index (χ3n) is 2.73.